The molecule has 1 N–H and O–H groups in total. The lowest BCUT2D eigenvalue weighted by Gasteiger charge is -2.24. The van der Waals surface area contributed by atoms with Crippen molar-refractivity contribution in [3.8, 4) is 17.2 Å². The summed E-state index contributed by atoms with van der Waals surface area (Å²) in [5, 5.41) is 4.25. The van der Waals surface area contributed by atoms with Crippen LogP contribution in [0.25, 0.3) is 0 Å². The summed E-state index contributed by atoms with van der Waals surface area (Å²) in [6.07, 6.45) is 0. The molecule has 0 spiro atoms. The molecule has 0 aliphatic heterocycles. The van der Waals surface area contributed by atoms with Crippen LogP contribution in [0.15, 0.2) is 58.1 Å². The highest BCUT2D eigenvalue weighted by atomic mass is 32.2. The third-order valence-electron chi connectivity index (χ3n) is 4.71. The van der Waals surface area contributed by atoms with Gasteiger partial charge in [0.25, 0.3) is 10.0 Å². The number of rotatable bonds is 10. The first-order chi connectivity index (χ1) is 15.8. The van der Waals surface area contributed by atoms with E-state index in [2.05, 4.69) is 5.32 Å². The second-order valence-electron chi connectivity index (χ2n) is 6.67. The molecule has 1 amide bonds. The van der Waals surface area contributed by atoms with Crippen LogP contribution in [0.3, 0.4) is 0 Å². The standard InChI is InChI=1S/C22H23FN2O6S2/c1-29-18-11-10-15(21(30-2)22(18)31-3)13-24-19(26)14-25(17-8-5-4-7-16(17)23)33(27,28)20-9-6-12-32-20/h4-12H,13-14H2,1-3H3,(H,24,26). The third-order valence-corrected chi connectivity index (χ3v) is 7.84. The van der Waals surface area contributed by atoms with Crippen molar-refractivity contribution in [2.24, 2.45) is 0 Å². The smallest absolute Gasteiger partial charge is 0.274 e. The van der Waals surface area contributed by atoms with E-state index in [1.165, 1.54) is 45.6 Å². The van der Waals surface area contributed by atoms with Gasteiger partial charge in [0.05, 0.1) is 27.0 Å². The highest BCUT2D eigenvalue weighted by Crippen LogP contribution is 2.39. The average Bonchev–Trinajstić information content (AvgIpc) is 3.37. The minimum absolute atomic E-state index is 0.000105. The number of methoxy groups -OCH3 is 3. The lowest BCUT2D eigenvalue weighted by atomic mass is 10.1. The van der Waals surface area contributed by atoms with E-state index in [1.54, 1.807) is 23.6 Å². The van der Waals surface area contributed by atoms with Crippen molar-refractivity contribution < 1.29 is 31.8 Å². The van der Waals surface area contributed by atoms with Gasteiger partial charge in [0.2, 0.25) is 11.7 Å². The van der Waals surface area contributed by atoms with E-state index in [0.29, 0.717) is 22.8 Å². The quantitative estimate of drug-likeness (QED) is 0.464. The maximum absolute atomic E-state index is 14.5. The number of nitrogens with one attached hydrogen (secondary N) is 1. The number of carbonyl (C=O) groups is 1. The summed E-state index contributed by atoms with van der Waals surface area (Å²) in [5.41, 5.74) is 0.367. The number of anilines is 1. The Morgan fingerprint density at radius 3 is 2.33 bits per heavy atom. The predicted octanol–water partition coefficient (Wildman–Crippen LogP) is 3.42. The van der Waals surface area contributed by atoms with Crippen LogP contribution in [-0.2, 0) is 21.4 Å². The van der Waals surface area contributed by atoms with E-state index in [1.807, 2.05) is 0 Å². The molecule has 0 saturated carbocycles. The Hall–Kier alpha value is -3.31. The van der Waals surface area contributed by atoms with Crippen LogP contribution in [0.1, 0.15) is 5.56 Å². The average molecular weight is 495 g/mol. The number of ether oxygens (including phenoxy) is 3. The summed E-state index contributed by atoms with van der Waals surface area (Å²) in [5.74, 6) is -0.200. The number of amides is 1. The predicted molar refractivity (Wildman–Crippen MR) is 123 cm³/mol. The molecule has 3 rings (SSSR count). The molecule has 0 atom stereocenters. The van der Waals surface area contributed by atoms with Gasteiger partial charge in [-0.05, 0) is 35.7 Å². The summed E-state index contributed by atoms with van der Waals surface area (Å²) in [7, 11) is 0.253. The fourth-order valence-electron chi connectivity index (χ4n) is 3.16. The van der Waals surface area contributed by atoms with E-state index in [-0.39, 0.29) is 16.4 Å². The van der Waals surface area contributed by atoms with Gasteiger partial charge in [-0.15, -0.1) is 11.3 Å². The highest BCUT2D eigenvalue weighted by molar-refractivity contribution is 7.94. The molecule has 2 aromatic carbocycles. The molecule has 33 heavy (non-hydrogen) atoms. The van der Waals surface area contributed by atoms with Crippen molar-refractivity contribution in [1.29, 1.82) is 0 Å². The Labute approximate surface area is 195 Å². The number of thiophene rings is 1. The first-order valence-electron chi connectivity index (χ1n) is 9.68. The van der Waals surface area contributed by atoms with Crippen LogP contribution in [0.2, 0.25) is 0 Å². The maximum Gasteiger partial charge on any atom is 0.274 e. The molecule has 0 aliphatic carbocycles. The van der Waals surface area contributed by atoms with Crippen molar-refractivity contribution in [1.82, 2.24) is 5.32 Å². The molecule has 0 aliphatic rings. The fraction of sp³-hybridized carbons (Fsp3) is 0.227. The van der Waals surface area contributed by atoms with Gasteiger partial charge in [-0.1, -0.05) is 18.2 Å². The van der Waals surface area contributed by atoms with E-state index < -0.39 is 28.3 Å². The van der Waals surface area contributed by atoms with Crippen LogP contribution >= 0.6 is 11.3 Å². The normalized spacial score (nSPS) is 11.0. The Morgan fingerprint density at radius 2 is 1.73 bits per heavy atom. The zero-order valence-electron chi connectivity index (χ0n) is 18.2. The summed E-state index contributed by atoms with van der Waals surface area (Å²) in [6.45, 7) is -0.594. The molecule has 0 unspecified atom stereocenters. The molecule has 1 heterocycles. The Morgan fingerprint density at radius 1 is 1.00 bits per heavy atom. The van der Waals surface area contributed by atoms with Crippen molar-refractivity contribution in [2.45, 2.75) is 10.8 Å². The number of sulfonamides is 1. The fourth-order valence-corrected chi connectivity index (χ4v) is 5.69. The molecular formula is C22H23FN2O6S2. The zero-order chi connectivity index (χ0) is 24.0. The van der Waals surface area contributed by atoms with Gasteiger partial charge < -0.3 is 19.5 Å². The number of halogens is 1. The van der Waals surface area contributed by atoms with Gasteiger partial charge in [0.15, 0.2) is 11.5 Å². The molecule has 3 aromatic rings. The largest absolute Gasteiger partial charge is 0.493 e. The number of nitrogens with zero attached hydrogens (tertiary/aromatic N) is 1. The van der Waals surface area contributed by atoms with E-state index >= 15 is 0 Å². The lowest BCUT2D eigenvalue weighted by molar-refractivity contribution is -0.119. The van der Waals surface area contributed by atoms with E-state index in [4.69, 9.17) is 14.2 Å². The molecule has 0 radical (unpaired) electrons. The monoisotopic (exact) mass is 494 g/mol. The first kappa shape index (κ1) is 24.3. The first-order valence-corrected chi connectivity index (χ1v) is 12.0. The topological polar surface area (TPSA) is 94.2 Å². The zero-order valence-corrected chi connectivity index (χ0v) is 19.8. The third kappa shape index (κ3) is 5.20. The summed E-state index contributed by atoms with van der Waals surface area (Å²) in [6, 6.07) is 11.7. The van der Waals surface area contributed by atoms with Crippen molar-refractivity contribution in [3.63, 3.8) is 0 Å². The van der Waals surface area contributed by atoms with Crippen molar-refractivity contribution >= 4 is 33.0 Å². The van der Waals surface area contributed by atoms with E-state index in [9.17, 15) is 17.6 Å². The second kappa shape index (κ2) is 10.5. The molecule has 11 heteroatoms. The Kier molecular flexibility index (Phi) is 7.77. The number of hydrogen-bond acceptors (Lipinski definition) is 7. The molecule has 0 bridgehead atoms. The van der Waals surface area contributed by atoms with Crippen LogP contribution in [-0.4, -0.2) is 42.2 Å². The Balaban J connectivity index is 1.85. The van der Waals surface area contributed by atoms with Gasteiger partial charge in [-0.2, -0.15) is 0 Å². The van der Waals surface area contributed by atoms with Gasteiger partial charge in [-0.3, -0.25) is 9.10 Å². The van der Waals surface area contributed by atoms with Gasteiger partial charge in [-0.25, -0.2) is 12.8 Å². The maximum atomic E-state index is 14.5. The summed E-state index contributed by atoms with van der Waals surface area (Å²) >= 11 is 0.982. The van der Waals surface area contributed by atoms with Crippen LogP contribution in [0.4, 0.5) is 10.1 Å². The van der Waals surface area contributed by atoms with E-state index in [0.717, 1.165) is 21.7 Å². The Bertz CT molecular complexity index is 1220. The molecule has 1 aromatic heterocycles. The van der Waals surface area contributed by atoms with Gasteiger partial charge in [0.1, 0.15) is 16.6 Å². The second-order valence-corrected chi connectivity index (χ2v) is 9.70. The minimum atomic E-state index is -4.15. The van der Waals surface area contributed by atoms with Crippen LogP contribution < -0.4 is 23.8 Å². The van der Waals surface area contributed by atoms with Crippen molar-refractivity contribution in [2.75, 3.05) is 32.2 Å². The molecule has 176 valence electrons. The van der Waals surface area contributed by atoms with Gasteiger partial charge >= 0.3 is 0 Å². The lowest BCUT2D eigenvalue weighted by Crippen LogP contribution is -2.40. The summed E-state index contributed by atoms with van der Waals surface area (Å²) < 4.78 is 57.5. The molecule has 0 fully saturated rings. The number of para-hydroxylation sites is 1. The molecule has 0 saturated heterocycles. The highest BCUT2D eigenvalue weighted by Gasteiger charge is 2.30. The minimum Gasteiger partial charge on any atom is -0.493 e. The van der Waals surface area contributed by atoms with Crippen LogP contribution in [0, 0.1) is 5.82 Å². The number of carbonyl (C=O) groups excluding carboxylic acids is 1. The molecule has 8 nitrogen and oxygen atoms in total. The number of benzene rings is 2. The van der Waals surface area contributed by atoms with Crippen LogP contribution in [0.5, 0.6) is 17.2 Å². The molecular weight excluding hydrogens is 471 g/mol. The van der Waals surface area contributed by atoms with Gasteiger partial charge in [0, 0.05) is 12.1 Å². The SMILES string of the molecule is COc1ccc(CNC(=O)CN(c2ccccc2F)S(=O)(=O)c2cccs2)c(OC)c1OC. The number of hydrogen-bond donors (Lipinski definition) is 1. The summed E-state index contributed by atoms with van der Waals surface area (Å²) in [4.78, 5) is 12.8. The van der Waals surface area contributed by atoms with Crippen molar-refractivity contribution in [3.05, 3.63) is 65.3 Å².